The molecule has 1 heterocycles. The van der Waals surface area contributed by atoms with Gasteiger partial charge < -0.3 is 4.57 Å². The Balaban J connectivity index is 1.64. The molecule has 1 aromatic heterocycles. The highest BCUT2D eigenvalue weighted by atomic mass is 35.5. The van der Waals surface area contributed by atoms with Crippen molar-refractivity contribution < 1.29 is 4.79 Å². The molecule has 0 aliphatic carbocycles. The van der Waals surface area contributed by atoms with Crippen molar-refractivity contribution in [3.05, 3.63) is 65.3 Å². The Labute approximate surface area is 168 Å². The van der Waals surface area contributed by atoms with Gasteiger partial charge in [-0.25, -0.2) is 5.43 Å². The van der Waals surface area contributed by atoms with E-state index in [0.717, 1.165) is 22.3 Å². The standard InChI is InChI=1S/C21H22ClN3OS/c1-3-15(2)25-13-16(19-6-4-5-7-20(19)25)12-23-24-21(26)14-27-18-10-8-17(22)9-11-18/h4-13,15H,3,14H2,1-2H3,(H,24,26)/b23-12-/t15-/m0/s1. The minimum atomic E-state index is -0.142. The highest BCUT2D eigenvalue weighted by Crippen LogP contribution is 2.25. The Morgan fingerprint density at radius 1 is 1.26 bits per heavy atom. The van der Waals surface area contributed by atoms with Crippen molar-refractivity contribution in [2.24, 2.45) is 5.10 Å². The van der Waals surface area contributed by atoms with Crippen molar-refractivity contribution in [1.29, 1.82) is 0 Å². The maximum absolute atomic E-state index is 12.0. The van der Waals surface area contributed by atoms with Crippen LogP contribution in [-0.4, -0.2) is 22.4 Å². The van der Waals surface area contributed by atoms with Crippen LogP contribution in [0.4, 0.5) is 0 Å². The number of halogens is 1. The van der Waals surface area contributed by atoms with E-state index in [9.17, 15) is 4.79 Å². The molecule has 6 heteroatoms. The highest BCUT2D eigenvalue weighted by Gasteiger charge is 2.10. The zero-order chi connectivity index (χ0) is 19.2. The Kier molecular flexibility index (Phi) is 6.58. The van der Waals surface area contributed by atoms with Gasteiger partial charge in [0.2, 0.25) is 5.91 Å². The normalized spacial score (nSPS) is 12.6. The van der Waals surface area contributed by atoms with Crippen LogP contribution in [0.5, 0.6) is 0 Å². The molecule has 0 fully saturated rings. The summed E-state index contributed by atoms with van der Waals surface area (Å²) in [4.78, 5) is 13.0. The number of fused-ring (bicyclic) bond motifs is 1. The number of nitrogens with zero attached hydrogens (tertiary/aromatic N) is 2. The number of hydrazone groups is 1. The smallest absolute Gasteiger partial charge is 0.250 e. The van der Waals surface area contributed by atoms with Gasteiger partial charge in [0.1, 0.15) is 0 Å². The molecule has 1 atom stereocenters. The molecule has 1 amide bonds. The second-order valence-electron chi connectivity index (χ2n) is 6.30. The van der Waals surface area contributed by atoms with Crippen LogP contribution < -0.4 is 5.43 Å². The zero-order valence-electron chi connectivity index (χ0n) is 15.4. The summed E-state index contributed by atoms with van der Waals surface area (Å²) in [6.45, 7) is 4.37. The van der Waals surface area contributed by atoms with Crippen molar-refractivity contribution in [2.45, 2.75) is 31.2 Å². The highest BCUT2D eigenvalue weighted by molar-refractivity contribution is 8.00. The molecule has 1 N–H and O–H groups in total. The lowest BCUT2D eigenvalue weighted by atomic mass is 10.2. The maximum atomic E-state index is 12.0. The van der Waals surface area contributed by atoms with Gasteiger partial charge in [-0.2, -0.15) is 5.10 Å². The number of hydrogen-bond acceptors (Lipinski definition) is 3. The molecular formula is C21H22ClN3OS. The third-order valence-corrected chi connectivity index (χ3v) is 5.68. The van der Waals surface area contributed by atoms with Crippen LogP contribution in [0, 0.1) is 0 Å². The van der Waals surface area contributed by atoms with Gasteiger partial charge in [0.25, 0.3) is 0 Å². The third-order valence-electron chi connectivity index (χ3n) is 4.41. The number of hydrogen-bond donors (Lipinski definition) is 1. The van der Waals surface area contributed by atoms with Crippen molar-refractivity contribution in [2.75, 3.05) is 5.75 Å². The van der Waals surface area contributed by atoms with Gasteiger partial charge >= 0.3 is 0 Å². The zero-order valence-corrected chi connectivity index (χ0v) is 16.9. The lowest BCUT2D eigenvalue weighted by molar-refractivity contribution is -0.118. The summed E-state index contributed by atoms with van der Waals surface area (Å²) < 4.78 is 2.26. The van der Waals surface area contributed by atoms with E-state index in [1.165, 1.54) is 17.3 Å². The number of para-hydroxylation sites is 1. The van der Waals surface area contributed by atoms with E-state index in [1.54, 1.807) is 6.21 Å². The van der Waals surface area contributed by atoms with Crippen LogP contribution in [0.15, 0.2) is 64.7 Å². The molecule has 3 rings (SSSR count). The van der Waals surface area contributed by atoms with Crippen LogP contribution in [0.2, 0.25) is 5.02 Å². The summed E-state index contributed by atoms with van der Waals surface area (Å²) >= 11 is 7.31. The number of carbonyl (C=O) groups is 1. The molecule has 0 aliphatic rings. The first-order valence-corrected chi connectivity index (χ1v) is 10.2. The Bertz CT molecular complexity index is 950. The molecule has 0 bridgehead atoms. The first-order chi connectivity index (χ1) is 13.1. The average Bonchev–Trinajstić information content (AvgIpc) is 3.06. The minimum Gasteiger partial charge on any atom is -0.344 e. The van der Waals surface area contributed by atoms with Crippen LogP contribution >= 0.6 is 23.4 Å². The average molecular weight is 400 g/mol. The van der Waals surface area contributed by atoms with Gasteiger partial charge in [-0.05, 0) is 43.7 Å². The van der Waals surface area contributed by atoms with E-state index in [4.69, 9.17) is 11.6 Å². The lowest BCUT2D eigenvalue weighted by Crippen LogP contribution is -2.19. The quantitative estimate of drug-likeness (QED) is 0.323. The molecule has 0 radical (unpaired) electrons. The van der Waals surface area contributed by atoms with Gasteiger partial charge in [-0.15, -0.1) is 11.8 Å². The van der Waals surface area contributed by atoms with Crippen molar-refractivity contribution in [3.63, 3.8) is 0 Å². The van der Waals surface area contributed by atoms with Gasteiger partial charge in [-0.1, -0.05) is 36.7 Å². The first kappa shape index (κ1) is 19.5. The molecule has 0 unspecified atom stereocenters. The number of carbonyl (C=O) groups excluding carboxylic acids is 1. The summed E-state index contributed by atoms with van der Waals surface area (Å²) in [5.41, 5.74) is 4.78. The number of aromatic nitrogens is 1. The number of benzene rings is 2. The summed E-state index contributed by atoms with van der Waals surface area (Å²) in [6.07, 6.45) is 4.86. The predicted octanol–water partition coefficient (Wildman–Crippen LogP) is 5.51. The number of nitrogens with one attached hydrogen (secondary N) is 1. The summed E-state index contributed by atoms with van der Waals surface area (Å²) in [5.74, 6) is 0.157. The maximum Gasteiger partial charge on any atom is 0.250 e. The van der Waals surface area contributed by atoms with Gasteiger partial charge in [0.15, 0.2) is 0 Å². The fraction of sp³-hybridized carbons (Fsp3) is 0.238. The topological polar surface area (TPSA) is 46.4 Å². The van der Waals surface area contributed by atoms with Crippen molar-refractivity contribution in [3.8, 4) is 0 Å². The lowest BCUT2D eigenvalue weighted by Gasteiger charge is -2.12. The number of thioether (sulfide) groups is 1. The third kappa shape index (κ3) is 4.93. The van der Waals surface area contributed by atoms with E-state index in [2.05, 4.69) is 47.3 Å². The van der Waals surface area contributed by atoms with Crippen LogP contribution in [-0.2, 0) is 4.79 Å². The van der Waals surface area contributed by atoms with Gasteiger partial charge in [0.05, 0.1) is 12.0 Å². The van der Waals surface area contributed by atoms with Gasteiger partial charge in [0, 0.05) is 38.6 Å². The molecule has 3 aromatic rings. The second-order valence-corrected chi connectivity index (χ2v) is 7.79. The SMILES string of the molecule is CC[C@H](C)n1cc(/C=N\NC(=O)CSc2ccc(Cl)cc2)c2ccccc21. The fourth-order valence-electron chi connectivity index (χ4n) is 2.78. The van der Waals surface area contributed by atoms with E-state index in [1.807, 2.05) is 36.4 Å². The molecular weight excluding hydrogens is 378 g/mol. The van der Waals surface area contributed by atoms with Crippen molar-refractivity contribution >= 4 is 46.4 Å². The largest absolute Gasteiger partial charge is 0.344 e. The number of amides is 1. The van der Waals surface area contributed by atoms with E-state index >= 15 is 0 Å². The Morgan fingerprint density at radius 2 is 2.00 bits per heavy atom. The predicted molar refractivity (Wildman–Crippen MR) is 115 cm³/mol. The van der Waals surface area contributed by atoms with E-state index in [0.29, 0.717) is 16.8 Å². The van der Waals surface area contributed by atoms with E-state index < -0.39 is 0 Å². The monoisotopic (exact) mass is 399 g/mol. The Hall–Kier alpha value is -2.24. The van der Waals surface area contributed by atoms with Crippen LogP contribution in [0.1, 0.15) is 31.9 Å². The molecule has 0 aliphatic heterocycles. The van der Waals surface area contributed by atoms with Crippen molar-refractivity contribution in [1.82, 2.24) is 9.99 Å². The first-order valence-electron chi connectivity index (χ1n) is 8.88. The molecule has 4 nitrogen and oxygen atoms in total. The minimum absolute atomic E-state index is 0.142. The molecule has 27 heavy (non-hydrogen) atoms. The molecule has 140 valence electrons. The fourth-order valence-corrected chi connectivity index (χ4v) is 3.60. The van der Waals surface area contributed by atoms with Crippen LogP contribution in [0.3, 0.4) is 0 Å². The summed E-state index contributed by atoms with van der Waals surface area (Å²) in [7, 11) is 0. The van der Waals surface area contributed by atoms with Gasteiger partial charge in [-0.3, -0.25) is 4.79 Å². The second kappa shape index (κ2) is 9.11. The van der Waals surface area contributed by atoms with Crippen LogP contribution in [0.25, 0.3) is 10.9 Å². The summed E-state index contributed by atoms with van der Waals surface area (Å²) in [6, 6.07) is 16.1. The molecule has 0 saturated carbocycles. The summed E-state index contributed by atoms with van der Waals surface area (Å²) in [5, 5.41) is 5.96. The Morgan fingerprint density at radius 3 is 2.74 bits per heavy atom. The molecule has 0 saturated heterocycles. The molecule has 2 aromatic carbocycles. The molecule has 0 spiro atoms. The van der Waals surface area contributed by atoms with E-state index in [-0.39, 0.29) is 5.91 Å². The number of rotatable bonds is 7.